The molecule has 3 aromatic heterocycles. The van der Waals surface area contributed by atoms with E-state index in [1.807, 2.05) is 6.07 Å². The number of benzene rings is 1. The first-order valence-corrected chi connectivity index (χ1v) is 8.83. The quantitative estimate of drug-likeness (QED) is 0.496. The lowest BCUT2D eigenvalue weighted by atomic mass is 10.2. The zero-order chi connectivity index (χ0) is 20.2. The van der Waals surface area contributed by atoms with Gasteiger partial charge in [-0.2, -0.15) is 4.98 Å². The second-order valence-electron chi connectivity index (χ2n) is 6.24. The number of hydrogen-bond acceptors (Lipinski definition) is 7. The third-order valence-electron chi connectivity index (χ3n) is 4.25. The van der Waals surface area contributed by atoms with Gasteiger partial charge in [-0.3, -0.25) is 19.0 Å². The highest BCUT2D eigenvalue weighted by Gasteiger charge is 2.11. The van der Waals surface area contributed by atoms with Crippen molar-refractivity contribution in [3.05, 3.63) is 75.5 Å². The second-order valence-corrected chi connectivity index (χ2v) is 6.24. The van der Waals surface area contributed by atoms with E-state index in [0.29, 0.717) is 16.5 Å². The van der Waals surface area contributed by atoms with Gasteiger partial charge in [0.1, 0.15) is 0 Å². The maximum absolute atomic E-state index is 12.4. The van der Waals surface area contributed by atoms with Crippen molar-refractivity contribution < 1.29 is 9.32 Å². The van der Waals surface area contributed by atoms with E-state index in [4.69, 9.17) is 4.52 Å². The lowest BCUT2D eigenvalue weighted by molar-refractivity contribution is -0.121. The van der Waals surface area contributed by atoms with Gasteiger partial charge in [0.25, 0.3) is 5.56 Å². The number of H-pyrrole nitrogens is 1. The van der Waals surface area contributed by atoms with Crippen LogP contribution in [-0.2, 0) is 17.9 Å². The van der Waals surface area contributed by atoms with Gasteiger partial charge in [-0.15, -0.1) is 0 Å². The van der Waals surface area contributed by atoms with Crippen LogP contribution < -0.4 is 16.4 Å². The predicted octanol–water partition coefficient (Wildman–Crippen LogP) is 0.841. The van der Waals surface area contributed by atoms with Crippen LogP contribution in [0.15, 0.2) is 63.0 Å². The van der Waals surface area contributed by atoms with Crippen molar-refractivity contribution in [3.63, 3.8) is 0 Å². The minimum atomic E-state index is -0.277. The van der Waals surface area contributed by atoms with Gasteiger partial charge >= 0.3 is 0 Å². The summed E-state index contributed by atoms with van der Waals surface area (Å²) in [4.78, 5) is 46.7. The summed E-state index contributed by atoms with van der Waals surface area (Å²) < 4.78 is 6.49. The minimum absolute atomic E-state index is 0.0416. The van der Waals surface area contributed by atoms with Crippen LogP contribution in [0.1, 0.15) is 12.3 Å². The number of aryl methyl sites for hydroxylation is 1. The molecule has 0 saturated heterocycles. The summed E-state index contributed by atoms with van der Waals surface area (Å²) in [6.07, 6.45) is 3.01. The number of pyridine rings is 1. The minimum Gasteiger partial charge on any atom is -0.347 e. The summed E-state index contributed by atoms with van der Waals surface area (Å²) in [7, 11) is 0. The number of aromatic nitrogens is 5. The number of nitrogens with one attached hydrogen (secondary N) is 2. The van der Waals surface area contributed by atoms with Crippen LogP contribution in [0.5, 0.6) is 0 Å². The van der Waals surface area contributed by atoms with Crippen molar-refractivity contribution in [1.29, 1.82) is 0 Å². The zero-order valence-corrected chi connectivity index (χ0v) is 15.2. The fourth-order valence-corrected chi connectivity index (χ4v) is 2.78. The van der Waals surface area contributed by atoms with E-state index in [2.05, 4.69) is 25.4 Å². The molecule has 4 aromatic rings. The zero-order valence-electron chi connectivity index (χ0n) is 15.2. The van der Waals surface area contributed by atoms with E-state index in [1.165, 1.54) is 23.2 Å². The summed E-state index contributed by atoms with van der Waals surface area (Å²) in [6.45, 7) is 0.240. The first kappa shape index (κ1) is 18.3. The Morgan fingerprint density at radius 2 is 2.07 bits per heavy atom. The smallest absolute Gasteiger partial charge is 0.261 e. The Bertz CT molecular complexity index is 1290. The molecule has 0 aliphatic heterocycles. The normalized spacial score (nSPS) is 10.9. The monoisotopic (exact) mass is 392 g/mol. The molecule has 0 spiro atoms. The van der Waals surface area contributed by atoms with Gasteiger partial charge in [-0.05, 0) is 18.2 Å². The van der Waals surface area contributed by atoms with Gasteiger partial charge < -0.3 is 14.8 Å². The molecule has 10 heteroatoms. The average molecular weight is 392 g/mol. The largest absolute Gasteiger partial charge is 0.347 e. The van der Waals surface area contributed by atoms with Crippen LogP contribution in [0.3, 0.4) is 0 Å². The highest BCUT2D eigenvalue weighted by atomic mass is 16.5. The van der Waals surface area contributed by atoms with Crippen molar-refractivity contribution in [2.24, 2.45) is 0 Å². The molecule has 29 heavy (non-hydrogen) atoms. The van der Waals surface area contributed by atoms with Crippen molar-refractivity contribution in [2.75, 3.05) is 0 Å². The summed E-state index contributed by atoms with van der Waals surface area (Å²) in [5.41, 5.74) is 0.660. The van der Waals surface area contributed by atoms with Crippen molar-refractivity contribution in [2.45, 2.75) is 19.5 Å². The Morgan fingerprint density at radius 1 is 1.21 bits per heavy atom. The van der Waals surface area contributed by atoms with E-state index < -0.39 is 0 Å². The maximum Gasteiger partial charge on any atom is 0.261 e. The Morgan fingerprint density at radius 3 is 2.93 bits per heavy atom. The molecular weight excluding hydrogens is 376 g/mol. The molecule has 0 unspecified atom stereocenters. The summed E-state index contributed by atoms with van der Waals surface area (Å²) in [5, 5.41) is 6.97. The highest BCUT2D eigenvalue weighted by Crippen LogP contribution is 2.12. The molecular formula is C19H16N6O4. The lowest BCUT2D eigenvalue weighted by Gasteiger charge is -2.06. The Balaban J connectivity index is 1.35. The van der Waals surface area contributed by atoms with Gasteiger partial charge in [-0.25, -0.2) is 4.98 Å². The average Bonchev–Trinajstić information content (AvgIpc) is 3.21. The van der Waals surface area contributed by atoms with Crippen LogP contribution in [0.2, 0.25) is 0 Å². The van der Waals surface area contributed by atoms with Crippen LogP contribution in [0.4, 0.5) is 0 Å². The molecule has 10 nitrogen and oxygen atoms in total. The van der Waals surface area contributed by atoms with E-state index in [1.54, 1.807) is 24.3 Å². The number of aromatic amines is 1. The highest BCUT2D eigenvalue weighted by molar-refractivity contribution is 5.77. The predicted molar refractivity (Wildman–Crippen MR) is 103 cm³/mol. The second kappa shape index (κ2) is 7.89. The molecule has 0 bridgehead atoms. The number of fused-ring (bicyclic) bond motifs is 1. The van der Waals surface area contributed by atoms with Crippen LogP contribution in [0.25, 0.3) is 22.3 Å². The number of hydrogen-bond donors (Lipinski definition) is 2. The molecule has 0 aliphatic rings. The van der Waals surface area contributed by atoms with Crippen LogP contribution in [0, 0.1) is 0 Å². The van der Waals surface area contributed by atoms with Crippen LogP contribution >= 0.6 is 0 Å². The van der Waals surface area contributed by atoms with Crippen molar-refractivity contribution in [1.82, 2.24) is 30.0 Å². The standard InChI is InChI=1S/C19H16N6O4/c26-15(6-8-25-11-22-14-4-2-1-3-13(14)19(25)28)21-10-17-23-18(24-29-17)12-5-7-20-16(27)9-12/h1-5,7,9,11H,6,8,10H2,(H,20,27)(H,21,26). The van der Waals surface area contributed by atoms with E-state index in [-0.39, 0.29) is 48.3 Å². The summed E-state index contributed by atoms with van der Waals surface area (Å²) in [6, 6.07) is 10.0. The van der Waals surface area contributed by atoms with Crippen LogP contribution in [-0.4, -0.2) is 30.6 Å². The van der Waals surface area contributed by atoms with Gasteiger partial charge in [0.05, 0.1) is 23.8 Å². The lowest BCUT2D eigenvalue weighted by Crippen LogP contribution is -2.27. The van der Waals surface area contributed by atoms with Gasteiger partial charge in [-0.1, -0.05) is 17.3 Å². The molecule has 0 fully saturated rings. The molecule has 4 rings (SSSR count). The summed E-state index contributed by atoms with van der Waals surface area (Å²) >= 11 is 0. The third kappa shape index (κ3) is 4.10. The molecule has 0 atom stereocenters. The fourth-order valence-electron chi connectivity index (χ4n) is 2.78. The van der Waals surface area contributed by atoms with E-state index >= 15 is 0 Å². The van der Waals surface area contributed by atoms with Crippen molar-refractivity contribution in [3.8, 4) is 11.4 Å². The van der Waals surface area contributed by atoms with E-state index in [9.17, 15) is 14.4 Å². The number of carbonyl (C=O) groups excluding carboxylic acids is 1. The van der Waals surface area contributed by atoms with Gasteiger partial charge in [0, 0.05) is 30.8 Å². The number of rotatable bonds is 6. The molecule has 0 radical (unpaired) electrons. The number of amides is 1. The Kier molecular flexibility index (Phi) is 4.97. The molecule has 2 N–H and O–H groups in total. The molecule has 1 aromatic carbocycles. The summed E-state index contributed by atoms with van der Waals surface area (Å²) in [5.74, 6) is 0.188. The topological polar surface area (TPSA) is 136 Å². The maximum atomic E-state index is 12.4. The molecule has 146 valence electrons. The molecule has 0 aliphatic carbocycles. The number of para-hydroxylation sites is 1. The first-order chi connectivity index (χ1) is 14.1. The van der Waals surface area contributed by atoms with Gasteiger partial charge in [0.15, 0.2) is 0 Å². The van der Waals surface area contributed by atoms with Gasteiger partial charge in [0.2, 0.25) is 23.2 Å². The third-order valence-corrected chi connectivity index (χ3v) is 4.25. The molecule has 1 amide bonds. The number of carbonyl (C=O) groups is 1. The fraction of sp³-hybridized carbons (Fsp3) is 0.158. The van der Waals surface area contributed by atoms with Crippen molar-refractivity contribution >= 4 is 16.8 Å². The number of nitrogens with zero attached hydrogens (tertiary/aromatic N) is 4. The first-order valence-electron chi connectivity index (χ1n) is 8.83. The van der Waals surface area contributed by atoms with E-state index in [0.717, 1.165) is 0 Å². The Labute approximate surface area is 163 Å². The SMILES string of the molecule is O=C(CCn1cnc2ccccc2c1=O)NCc1nc(-c2cc[nH]c(=O)c2)no1. The molecule has 3 heterocycles. The Hall–Kier alpha value is -4.08. The molecule has 0 saturated carbocycles.